The fourth-order valence-corrected chi connectivity index (χ4v) is 2.50. The molecule has 2 rings (SSSR count). The van der Waals surface area contributed by atoms with E-state index in [0.29, 0.717) is 0 Å². The number of nitrogens with one attached hydrogen (secondary N) is 3. The Morgan fingerprint density at radius 3 is 2.56 bits per heavy atom. The van der Waals surface area contributed by atoms with E-state index in [2.05, 4.69) is 26.8 Å². The summed E-state index contributed by atoms with van der Waals surface area (Å²) in [5.41, 5.74) is 2.14. The van der Waals surface area contributed by atoms with E-state index in [0.717, 1.165) is 37.6 Å². The summed E-state index contributed by atoms with van der Waals surface area (Å²) in [5, 5.41) is 7.78. The fraction of sp³-hybridized carbons (Fsp3) is 0.444. The first-order valence-electron chi connectivity index (χ1n) is 8.27. The van der Waals surface area contributed by atoms with Crippen molar-refractivity contribution in [3.8, 4) is 12.3 Å². The Hall–Kier alpha value is -2.72. The summed E-state index contributed by atoms with van der Waals surface area (Å²) in [4.78, 5) is 25.5. The van der Waals surface area contributed by atoms with E-state index in [1.54, 1.807) is 0 Å². The van der Waals surface area contributed by atoms with E-state index in [4.69, 9.17) is 11.2 Å². The number of urea groups is 1. The fourth-order valence-electron chi connectivity index (χ4n) is 2.50. The molecular weight excluding hydrogens is 320 g/mol. The molecule has 0 aliphatic carbocycles. The van der Waals surface area contributed by atoms with Crippen molar-refractivity contribution in [2.24, 2.45) is 0 Å². The molecule has 134 valence electrons. The summed E-state index contributed by atoms with van der Waals surface area (Å²) in [7, 11) is 0. The van der Waals surface area contributed by atoms with Crippen LogP contribution in [0, 0.1) is 12.3 Å². The summed E-state index contributed by atoms with van der Waals surface area (Å²) in [6.07, 6.45) is 5.05. The number of hydrogen-bond donors (Lipinski definition) is 3. The van der Waals surface area contributed by atoms with Crippen molar-refractivity contribution < 1.29 is 14.3 Å². The van der Waals surface area contributed by atoms with Gasteiger partial charge >= 0.3 is 6.03 Å². The quantitative estimate of drug-likeness (QED) is 0.661. The molecule has 1 aliphatic rings. The molecule has 1 saturated heterocycles. The van der Waals surface area contributed by atoms with Crippen molar-refractivity contribution in [2.45, 2.75) is 13.0 Å². The van der Waals surface area contributed by atoms with Crippen LogP contribution in [0.25, 0.3) is 0 Å². The number of anilines is 1. The van der Waals surface area contributed by atoms with Crippen molar-refractivity contribution in [3.05, 3.63) is 29.8 Å². The zero-order chi connectivity index (χ0) is 18.1. The third-order valence-corrected chi connectivity index (χ3v) is 3.91. The first kappa shape index (κ1) is 18.6. The minimum atomic E-state index is -0.402. The third-order valence-electron chi connectivity index (χ3n) is 3.91. The number of terminal acetylenes is 1. The van der Waals surface area contributed by atoms with Crippen molar-refractivity contribution in [1.29, 1.82) is 0 Å². The van der Waals surface area contributed by atoms with Gasteiger partial charge in [-0.2, -0.15) is 0 Å². The van der Waals surface area contributed by atoms with E-state index in [-0.39, 0.29) is 25.0 Å². The maximum atomic E-state index is 11.9. The van der Waals surface area contributed by atoms with Crippen LogP contribution in [0.2, 0.25) is 0 Å². The molecule has 0 bridgehead atoms. The summed E-state index contributed by atoms with van der Waals surface area (Å²) in [5.74, 6) is 1.97. The first-order chi connectivity index (χ1) is 12.1. The molecular formula is C18H24N4O3. The smallest absolute Gasteiger partial charge is 0.315 e. The van der Waals surface area contributed by atoms with Gasteiger partial charge in [-0.05, 0) is 24.6 Å². The molecule has 1 atom stereocenters. The highest BCUT2D eigenvalue weighted by molar-refractivity contribution is 5.84. The van der Waals surface area contributed by atoms with Gasteiger partial charge in [-0.25, -0.2) is 4.79 Å². The summed E-state index contributed by atoms with van der Waals surface area (Å²) in [6, 6.07) is 7.51. The molecule has 1 heterocycles. The molecule has 0 spiro atoms. The molecule has 1 fully saturated rings. The van der Waals surface area contributed by atoms with Gasteiger partial charge in [-0.1, -0.05) is 18.1 Å². The van der Waals surface area contributed by atoms with Crippen molar-refractivity contribution in [1.82, 2.24) is 16.0 Å². The second-order valence-electron chi connectivity index (χ2n) is 5.72. The van der Waals surface area contributed by atoms with Crippen LogP contribution in [0.4, 0.5) is 10.5 Å². The van der Waals surface area contributed by atoms with Crippen LogP contribution in [0.15, 0.2) is 24.3 Å². The van der Waals surface area contributed by atoms with Crippen LogP contribution in [0.3, 0.4) is 0 Å². The predicted octanol–water partition coefficient (Wildman–Crippen LogP) is 0.633. The monoisotopic (exact) mass is 344 g/mol. The molecule has 1 aliphatic heterocycles. The number of nitrogens with zero attached hydrogens (tertiary/aromatic N) is 1. The number of rotatable bonds is 6. The Balaban J connectivity index is 1.79. The van der Waals surface area contributed by atoms with Gasteiger partial charge in [0.1, 0.15) is 0 Å². The Labute approximate surface area is 148 Å². The van der Waals surface area contributed by atoms with Crippen LogP contribution in [0.5, 0.6) is 0 Å². The largest absolute Gasteiger partial charge is 0.378 e. The van der Waals surface area contributed by atoms with Crippen LogP contribution in [-0.4, -0.2) is 51.3 Å². The molecule has 3 amide bonds. The van der Waals surface area contributed by atoms with Gasteiger partial charge in [0.05, 0.1) is 32.3 Å². The first-order valence-corrected chi connectivity index (χ1v) is 8.27. The third kappa shape index (κ3) is 6.01. The minimum absolute atomic E-state index is 0.115. The lowest BCUT2D eigenvalue weighted by Crippen LogP contribution is -2.42. The zero-order valence-corrected chi connectivity index (χ0v) is 14.4. The number of morpholine rings is 1. The highest BCUT2D eigenvalue weighted by Gasteiger charge is 2.13. The molecule has 1 aromatic rings. The number of amides is 3. The topological polar surface area (TPSA) is 82.7 Å². The molecule has 7 heteroatoms. The van der Waals surface area contributed by atoms with Crippen molar-refractivity contribution >= 4 is 17.6 Å². The minimum Gasteiger partial charge on any atom is -0.378 e. The molecule has 0 saturated carbocycles. The molecule has 1 aromatic carbocycles. The maximum Gasteiger partial charge on any atom is 0.315 e. The molecule has 3 N–H and O–H groups in total. The Morgan fingerprint density at radius 2 is 1.92 bits per heavy atom. The average Bonchev–Trinajstić information content (AvgIpc) is 2.65. The molecule has 0 unspecified atom stereocenters. The molecule has 0 aromatic heterocycles. The van der Waals surface area contributed by atoms with Gasteiger partial charge in [0.25, 0.3) is 0 Å². The normalized spacial score (nSPS) is 15.0. The molecule has 0 radical (unpaired) electrons. The van der Waals surface area contributed by atoms with E-state index >= 15 is 0 Å². The highest BCUT2D eigenvalue weighted by atomic mass is 16.5. The second-order valence-corrected chi connectivity index (χ2v) is 5.72. The van der Waals surface area contributed by atoms with E-state index in [1.807, 2.05) is 31.2 Å². The van der Waals surface area contributed by atoms with Gasteiger partial charge in [0, 0.05) is 18.8 Å². The molecule has 25 heavy (non-hydrogen) atoms. The SMILES string of the molecule is C#CCNC(=O)CNC(=O)N[C@H](C)c1ccc(N2CCOCC2)cc1. The molecule has 7 nitrogen and oxygen atoms in total. The van der Waals surface area contributed by atoms with Gasteiger partial charge < -0.3 is 25.6 Å². The number of carbonyl (C=O) groups is 2. The Morgan fingerprint density at radius 1 is 1.24 bits per heavy atom. The van der Waals surface area contributed by atoms with Gasteiger partial charge in [-0.3, -0.25) is 4.79 Å². The lowest BCUT2D eigenvalue weighted by molar-refractivity contribution is -0.119. The summed E-state index contributed by atoms with van der Waals surface area (Å²) < 4.78 is 5.35. The standard InChI is InChI=1S/C18H24N4O3/c1-3-8-19-17(23)13-20-18(24)21-14(2)15-4-6-16(7-5-15)22-9-11-25-12-10-22/h1,4-7,14H,8-13H2,2H3,(H,19,23)(H2,20,21,24)/t14-/m1/s1. The van der Waals surface area contributed by atoms with Gasteiger partial charge in [0.15, 0.2) is 0 Å². The highest BCUT2D eigenvalue weighted by Crippen LogP contribution is 2.20. The zero-order valence-electron chi connectivity index (χ0n) is 14.4. The summed E-state index contributed by atoms with van der Waals surface area (Å²) >= 11 is 0. The van der Waals surface area contributed by atoms with E-state index < -0.39 is 6.03 Å². The number of ether oxygens (including phenoxy) is 1. The van der Waals surface area contributed by atoms with Crippen LogP contribution >= 0.6 is 0 Å². The number of hydrogen-bond acceptors (Lipinski definition) is 4. The second kappa shape index (κ2) is 9.55. The van der Waals surface area contributed by atoms with Gasteiger partial charge in [-0.15, -0.1) is 6.42 Å². The maximum absolute atomic E-state index is 11.9. The lowest BCUT2D eigenvalue weighted by atomic mass is 10.1. The van der Waals surface area contributed by atoms with Crippen molar-refractivity contribution in [3.63, 3.8) is 0 Å². The average molecular weight is 344 g/mol. The number of carbonyl (C=O) groups excluding carboxylic acids is 2. The van der Waals surface area contributed by atoms with E-state index in [1.165, 1.54) is 0 Å². The van der Waals surface area contributed by atoms with E-state index in [9.17, 15) is 9.59 Å². The van der Waals surface area contributed by atoms with Crippen molar-refractivity contribution in [2.75, 3.05) is 44.3 Å². The van der Waals surface area contributed by atoms with Crippen LogP contribution in [-0.2, 0) is 9.53 Å². The lowest BCUT2D eigenvalue weighted by Gasteiger charge is -2.29. The Bertz CT molecular complexity index is 618. The predicted molar refractivity (Wildman–Crippen MR) is 96.3 cm³/mol. The van der Waals surface area contributed by atoms with Crippen LogP contribution in [0.1, 0.15) is 18.5 Å². The Kier molecular flexibility index (Phi) is 7.11. The number of benzene rings is 1. The van der Waals surface area contributed by atoms with Crippen LogP contribution < -0.4 is 20.9 Å². The van der Waals surface area contributed by atoms with Gasteiger partial charge in [0.2, 0.25) is 5.91 Å². The summed E-state index contributed by atoms with van der Waals surface area (Å²) in [6.45, 7) is 5.18.